The fourth-order valence-electron chi connectivity index (χ4n) is 6.69. The lowest BCUT2D eigenvalue weighted by Gasteiger charge is -2.47. The minimum absolute atomic E-state index is 0.328. The van der Waals surface area contributed by atoms with Crippen LogP contribution >= 0.6 is 0 Å². The van der Waals surface area contributed by atoms with Gasteiger partial charge in [-0.1, -0.05) is 175 Å². The minimum Gasteiger partial charge on any atom is -0.398 e. The van der Waals surface area contributed by atoms with Crippen LogP contribution in [0.15, 0.2) is 147 Å². The van der Waals surface area contributed by atoms with Gasteiger partial charge in [0.2, 0.25) is 0 Å². The number of aliphatic hydroxyl groups excluding tert-OH is 2. The van der Waals surface area contributed by atoms with Crippen LogP contribution in [-0.4, -0.2) is 51.3 Å². The van der Waals surface area contributed by atoms with Crippen molar-refractivity contribution in [2.45, 2.75) is 76.0 Å². The Bertz CT molecular complexity index is 1330. The third kappa shape index (κ3) is 6.84. The largest absolute Gasteiger partial charge is 0.398 e. The Balaban J connectivity index is 1.79. The van der Waals surface area contributed by atoms with E-state index in [1.165, 1.54) is 0 Å². The van der Waals surface area contributed by atoms with Crippen molar-refractivity contribution in [2.75, 3.05) is 0 Å². The molecule has 0 bridgehead atoms. The average Bonchev–Trinajstić information content (AvgIpc) is 3.06. The molecule has 4 atom stereocenters. The van der Waals surface area contributed by atoms with E-state index in [4.69, 9.17) is 8.85 Å². The molecule has 0 amide bonds. The average molecular weight is 651 g/mol. The van der Waals surface area contributed by atoms with Crippen molar-refractivity contribution in [3.05, 3.63) is 147 Å². The zero-order chi connectivity index (χ0) is 33.6. The molecule has 0 unspecified atom stereocenters. The molecule has 0 saturated carbocycles. The summed E-state index contributed by atoms with van der Waals surface area (Å²) in [6.07, 6.45) is -1.27. The molecule has 0 radical (unpaired) electrons. The molecule has 0 aromatic heterocycles. The maximum atomic E-state index is 12.0. The van der Waals surface area contributed by atoms with E-state index in [1.54, 1.807) is 12.2 Å². The van der Waals surface area contributed by atoms with E-state index >= 15 is 0 Å². The molecule has 0 aliphatic carbocycles. The first-order valence-corrected chi connectivity index (χ1v) is 19.8. The van der Waals surface area contributed by atoms with Crippen molar-refractivity contribution in [3.8, 4) is 0 Å². The number of hydrogen-bond acceptors (Lipinski definition) is 4. The van der Waals surface area contributed by atoms with E-state index in [0.717, 1.165) is 20.7 Å². The molecule has 0 spiro atoms. The Kier molecular flexibility index (Phi) is 11.3. The van der Waals surface area contributed by atoms with Crippen molar-refractivity contribution in [3.63, 3.8) is 0 Å². The third-order valence-corrected chi connectivity index (χ3v) is 19.0. The topological polar surface area (TPSA) is 58.9 Å². The zero-order valence-corrected chi connectivity index (χ0v) is 30.1. The molecule has 0 saturated heterocycles. The van der Waals surface area contributed by atoms with Gasteiger partial charge >= 0.3 is 0 Å². The molecule has 2 N–H and O–H groups in total. The van der Waals surface area contributed by atoms with Gasteiger partial charge in [0.1, 0.15) is 12.2 Å². The summed E-state index contributed by atoms with van der Waals surface area (Å²) in [7, 11) is -6.14. The van der Waals surface area contributed by atoms with Crippen LogP contribution in [0.3, 0.4) is 0 Å². The van der Waals surface area contributed by atoms with Crippen LogP contribution in [0.4, 0.5) is 0 Å². The highest BCUT2D eigenvalue weighted by Crippen LogP contribution is 2.40. The van der Waals surface area contributed by atoms with Gasteiger partial charge in [-0.3, -0.25) is 0 Å². The summed E-state index contributed by atoms with van der Waals surface area (Å²) in [4.78, 5) is 0. The molecule has 4 nitrogen and oxygen atoms in total. The van der Waals surface area contributed by atoms with Crippen molar-refractivity contribution in [2.24, 2.45) is 0 Å². The molecule has 4 rings (SSSR count). The van der Waals surface area contributed by atoms with Crippen molar-refractivity contribution in [1.82, 2.24) is 0 Å². The van der Waals surface area contributed by atoms with Crippen molar-refractivity contribution < 1.29 is 19.1 Å². The molecule has 0 heterocycles. The lowest BCUT2D eigenvalue weighted by Crippen LogP contribution is -2.70. The molecular formula is C40H50O4Si2. The molecule has 6 heteroatoms. The predicted molar refractivity (Wildman–Crippen MR) is 197 cm³/mol. The first-order valence-electron chi connectivity index (χ1n) is 16.0. The molecule has 4 aromatic carbocycles. The van der Waals surface area contributed by atoms with Crippen LogP contribution in [0, 0.1) is 0 Å². The van der Waals surface area contributed by atoms with Gasteiger partial charge in [-0.25, -0.2) is 0 Å². The zero-order valence-electron chi connectivity index (χ0n) is 28.1. The number of rotatable bonds is 13. The summed E-state index contributed by atoms with van der Waals surface area (Å²) in [5.41, 5.74) is 0. The summed E-state index contributed by atoms with van der Waals surface area (Å²) in [6.45, 7) is 21.2. The second kappa shape index (κ2) is 14.6. The SMILES string of the molecule is C=C[C@H](O[Si](c1ccccc1)(c1ccccc1)C(C)(C)C)[C@H](O)[C@@H](O)[C@H](C=C)O[Si](c1ccccc1)(c1ccccc1)C(C)(C)C. The Hall–Kier alpha value is -3.37. The highest BCUT2D eigenvalue weighted by Gasteiger charge is 2.54. The lowest BCUT2D eigenvalue weighted by molar-refractivity contribution is -0.0718. The standard InChI is InChI=1S/C40H50O4Si2/c1-9-35(43-45(39(3,4)5,31-23-15-11-16-24-31)32-25-17-12-18-26-32)37(41)38(42)36(10-2)44-46(40(6,7)8,33-27-19-13-20-28-33)34-29-21-14-22-30-34/h9-30,35-38,41-42H,1-2H2,3-8H3/t35-,36-,37-,38-/m0/s1. The monoisotopic (exact) mass is 650 g/mol. The maximum Gasteiger partial charge on any atom is 0.262 e. The highest BCUT2D eigenvalue weighted by atomic mass is 28.4. The van der Waals surface area contributed by atoms with E-state index in [-0.39, 0.29) is 10.1 Å². The Morgan fingerprint density at radius 3 is 0.870 bits per heavy atom. The number of benzene rings is 4. The smallest absolute Gasteiger partial charge is 0.262 e. The Morgan fingerprint density at radius 1 is 0.478 bits per heavy atom. The molecular weight excluding hydrogens is 601 g/mol. The summed E-state index contributed by atoms with van der Waals surface area (Å²) >= 11 is 0. The van der Waals surface area contributed by atoms with Crippen LogP contribution in [0.1, 0.15) is 41.5 Å². The van der Waals surface area contributed by atoms with E-state index < -0.39 is 41.1 Å². The van der Waals surface area contributed by atoms with Gasteiger partial charge in [0.25, 0.3) is 16.6 Å². The normalized spacial score (nSPS) is 15.4. The van der Waals surface area contributed by atoms with Gasteiger partial charge in [0.05, 0.1) is 12.2 Å². The van der Waals surface area contributed by atoms with E-state index in [2.05, 4.69) is 103 Å². The Morgan fingerprint density at radius 2 is 0.696 bits per heavy atom. The summed E-state index contributed by atoms with van der Waals surface area (Å²) < 4.78 is 14.4. The summed E-state index contributed by atoms with van der Waals surface area (Å²) in [5.74, 6) is 0. The predicted octanol–water partition coefficient (Wildman–Crippen LogP) is 5.97. The molecule has 0 fully saturated rings. The first kappa shape index (κ1) is 35.5. The molecule has 46 heavy (non-hydrogen) atoms. The number of aliphatic hydroxyl groups is 2. The summed E-state index contributed by atoms with van der Waals surface area (Å²) in [6, 6.07) is 41.0. The molecule has 4 aromatic rings. The summed E-state index contributed by atoms with van der Waals surface area (Å²) in [5, 5.41) is 27.7. The Labute approximate surface area is 278 Å². The van der Waals surface area contributed by atoms with Crippen LogP contribution < -0.4 is 20.7 Å². The fourth-order valence-corrected chi connectivity index (χ4v) is 16.0. The minimum atomic E-state index is -3.07. The van der Waals surface area contributed by atoms with Gasteiger partial charge in [-0.2, -0.15) is 0 Å². The van der Waals surface area contributed by atoms with Gasteiger partial charge in [-0.05, 0) is 30.8 Å². The van der Waals surface area contributed by atoms with Gasteiger partial charge in [0.15, 0.2) is 0 Å². The fraction of sp³-hybridized carbons (Fsp3) is 0.300. The van der Waals surface area contributed by atoms with Crippen LogP contribution in [-0.2, 0) is 8.85 Å². The molecule has 0 aliphatic heterocycles. The van der Waals surface area contributed by atoms with Crippen molar-refractivity contribution in [1.29, 1.82) is 0 Å². The first-order chi connectivity index (χ1) is 21.8. The highest BCUT2D eigenvalue weighted by molar-refractivity contribution is 7.00. The van der Waals surface area contributed by atoms with Gasteiger partial charge in [-0.15, -0.1) is 13.2 Å². The van der Waals surface area contributed by atoms with Crippen molar-refractivity contribution >= 4 is 37.4 Å². The van der Waals surface area contributed by atoms with E-state index in [1.807, 2.05) is 72.8 Å². The maximum absolute atomic E-state index is 12.0. The van der Waals surface area contributed by atoms with E-state index in [0.29, 0.717) is 0 Å². The van der Waals surface area contributed by atoms with Crippen LogP contribution in [0.2, 0.25) is 10.1 Å². The van der Waals surface area contributed by atoms with E-state index in [9.17, 15) is 10.2 Å². The van der Waals surface area contributed by atoms with Crippen LogP contribution in [0.5, 0.6) is 0 Å². The third-order valence-electron chi connectivity index (χ3n) is 8.95. The second-order valence-electron chi connectivity index (χ2n) is 13.9. The van der Waals surface area contributed by atoms with Crippen LogP contribution in [0.25, 0.3) is 0 Å². The quantitative estimate of drug-likeness (QED) is 0.138. The molecule has 0 aliphatic rings. The lowest BCUT2D eigenvalue weighted by atomic mass is 10.0. The van der Waals surface area contributed by atoms with Gasteiger partial charge in [0, 0.05) is 0 Å². The number of hydrogen-bond donors (Lipinski definition) is 2. The van der Waals surface area contributed by atoms with Gasteiger partial charge < -0.3 is 19.1 Å². The molecule has 242 valence electrons. The second-order valence-corrected chi connectivity index (χ2v) is 22.4.